The van der Waals surface area contributed by atoms with E-state index in [0.717, 1.165) is 58.1 Å². The summed E-state index contributed by atoms with van der Waals surface area (Å²) in [6.45, 7) is 19.5. The lowest BCUT2D eigenvalue weighted by molar-refractivity contribution is -0.136. The highest BCUT2D eigenvalue weighted by atomic mass is 79.9. The van der Waals surface area contributed by atoms with Gasteiger partial charge in [0, 0.05) is 68.4 Å². The third-order valence-corrected chi connectivity index (χ3v) is 19.9. The number of sulfone groups is 2. The van der Waals surface area contributed by atoms with Gasteiger partial charge in [0.2, 0.25) is 5.91 Å². The number of piperidine rings is 1. The van der Waals surface area contributed by atoms with Gasteiger partial charge < -0.3 is 30.4 Å². The molecule has 3 aliphatic rings. The lowest BCUT2D eigenvalue weighted by atomic mass is 10.0. The number of rotatable bonds is 10. The van der Waals surface area contributed by atoms with Crippen molar-refractivity contribution >= 4 is 102 Å². The molecule has 0 unspecified atom stereocenters. The normalized spacial score (nSPS) is 16.9. The van der Waals surface area contributed by atoms with Crippen molar-refractivity contribution in [1.82, 2.24) is 40.5 Å². The summed E-state index contributed by atoms with van der Waals surface area (Å²) in [5.41, 5.74) is 11.0. The minimum atomic E-state index is -3.60. The minimum Gasteiger partial charge on any atom is -0.481 e. The molecule has 3 saturated heterocycles. The zero-order valence-electron chi connectivity index (χ0n) is 46.5. The number of carbonyl (C=O) groups is 2. The molecular weight excluding hydrogens is 1190 g/mol. The predicted octanol–water partition coefficient (Wildman–Crippen LogP) is 8.41. The molecule has 0 spiro atoms. The Morgan fingerprint density at radius 1 is 0.695 bits per heavy atom. The molecule has 0 saturated carbocycles. The van der Waals surface area contributed by atoms with Crippen LogP contribution in [0.3, 0.4) is 0 Å². The highest BCUT2D eigenvalue weighted by molar-refractivity contribution is 9.10. The number of carboxylic acids is 1. The molecule has 20 nitrogen and oxygen atoms in total. The average Bonchev–Trinajstić information content (AvgIpc) is 4.34. The van der Waals surface area contributed by atoms with Crippen molar-refractivity contribution in [3.63, 3.8) is 0 Å². The number of fused-ring (bicyclic) bond motifs is 2. The molecule has 8 heterocycles. The molecule has 1 amide bonds. The Balaban J connectivity index is 0.000000182. The second-order valence-corrected chi connectivity index (χ2v) is 26.7. The van der Waals surface area contributed by atoms with Gasteiger partial charge in [-0.2, -0.15) is 15.8 Å². The summed E-state index contributed by atoms with van der Waals surface area (Å²) in [4.78, 5) is 50.3. The van der Waals surface area contributed by atoms with Gasteiger partial charge >= 0.3 is 5.97 Å². The van der Waals surface area contributed by atoms with E-state index in [4.69, 9.17) is 20.9 Å². The summed E-state index contributed by atoms with van der Waals surface area (Å²) >= 11 is 5.81. The van der Waals surface area contributed by atoms with Crippen LogP contribution in [-0.2, 0) is 29.3 Å². The number of halogens is 1. The maximum absolute atomic E-state index is 12.9. The van der Waals surface area contributed by atoms with Gasteiger partial charge in [0.25, 0.3) is 0 Å². The number of aromatic nitrogens is 5. The largest absolute Gasteiger partial charge is 0.481 e. The van der Waals surface area contributed by atoms with Gasteiger partial charge in [-0.15, -0.1) is 22.7 Å². The van der Waals surface area contributed by atoms with Gasteiger partial charge in [-0.1, -0.05) is 19.1 Å². The van der Waals surface area contributed by atoms with E-state index in [1.807, 2.05) is 52.1 Å². The second-order valence-electron chi connectivity index (χ2n) is 19.9. The van der Waals surface area contributed by atoms with Crippen LogP contribution in [0.1, 0.15) is 80.2 Å². The number of hydrogen-bond donors (Lipinski definition) is 3. The van der Waals surface area contributed by atoms with Gasteiger partial charge in [-0.3, -0.25) is 9.59 Å². The first-order valence-electron chi connectivity index (χ1n) is 26.5. The minimum absolute atomic E-state index is 0.0562. The standard InChI is InChI=1S/C22H23N5O3S2.C12H16N4.C10H9NO4S2.C7H5BrN2.C6H13N/c1-15-10-17(11-23)24-12-19(15)26-7-8-27(16(2)13-26)21(28)6-9-32(29,30)20-5-3-4-18-22(20)31-14-25-18;1-9-5-11(6-13)15-7-12(9)16-4-3-14-10(2)8-16;12-9(13)4-5-17(14,15)8-3-1-2-7-10(8)16-6-11-7;1-5-2-6(3-9)10-4-7(5)8;1-6-3-2-4-7-5-6/h3-5,10,12,14,16H,6-9,13H2,1-2H3;5,7,10,14H,3-4,8H2,1-2H3;1-3,6H,4-5H2,(H,12,13);2,4H,1H3;6-7H,2-5H2,1H3/t16-;10-;;;6-/m00..1/s1. The van der Waals surface area contributed by atoms with Crippen molar-refractivity contribution in [2.75, 3.05) is 73.7 Å². The van der Waals surface area contributed by atoms with Crippen LogP contribution < -0.4 is 20.4 Å². The molecule has 3 aliphatic heterocycles. The molecule has 10 rings (SSSR count). The van der Waals surface area contributed by atoms with Crippen molar-refractivity contribution in [1.29, 1.82) is 15.8 Å². The Labute approximate surface area is 495 Å². The number of nitrogens with zero attached hydrogens (tertiary/aromatic N) is 11. The highest BCUT2D eigenvalue weighted by Crippen LogP contribution is 2.30. The predicted molar refractivity (Wildman–Crippen MR) is 323 cm³/mol. The summed E-state index contributed by atoms with van der Waals surface area (Å²) in [7, 11) is -7.16. The molecule has 25 heteroatoms. The number of benzene rings is 2. The van der Waals surface area contributed by atoms with Crippen LogP contribution in [0.4, 0.5) is 11.4 Å². The monoisotopic (exact) mass is 1250 g/mol. The van der Waals surface area contributed by atoms with E-state index < -0.39 is 32.1 Å². The Kier molecular flexibility index (Phi) is 23.7. The van der Waals surface area contributed by atoms with E-state index in [9.17, 15) is 26.4 Å². The molecule has 82 heavy (non-hydrogen) atoms. The van der Waals surface area contributed by atoms with Crippen molar-refractivity contribution in [3.05, 3.63) is 122 Å². The summed E-state index contributed by atoms with van der Waals surface area (Å²) in [6, 6.07) is 21.7. The van der Waals surface area contributed by atoms with Gasteiger partial charge in [0.15, 0.2) is 19.7 Å². The number of amides is 1. The fourth-order valence-corrected chi connectivity index (χ4v) is 14.6. The van der Waals surface area contributed by atoms with Gasteiger partial charge in [0.1, 0.15) is 35.3 Å². The summed E-state index contributed by atoms with van der Waals surface area (Å²) in [6.07, 6.45) is 7.50. The van der Waals surface area contributed by atoms with E-state index in [1.165, 1.54) is 54.7 Å². The van der Waals surface area contributed by atoms with Crippen molar-refractivity contribution in [2.45, 2.75) is 89.1 Å². The van der Waals surface area contributed by atoms with E-state index in [2.05, 4.69) is 81.2 Å². The molecule has 0 bridgehead atoms. The number of piperazine rings is 2. The SMILES string of the molecule is C[C@@H]1CCCNC1.Cc1cc(C#N)ncc1Br.Cc1cc(C#N)ncc1N1CCN(C(=O)CCS(=O)(=O)c2cccc3ncsc23)[C@@H](C)C1.Cc1cc(C#N)ncc1N1CCN[C@@H](C)C1.O=C(O)CCS(=O)(=O)c1cccc2ncsc12. The molecule has 0 aliphatic carbocycles. The zero-order chi connectivity index (χ0) is 59.6. The summed E-state index contributed by atoms with van der Waals surface area (Å²) in [5, 5.41) is 41.5. The first kappa shape index (κ1) is 64.2. The summed E-state index contributed by atoms with van der Waals surface area (Å²) in [5.74, 6) is -0.973. The van der Waals surface area contributed by atoms with Crippen LogP contribution in [0.15, 0.2) is 98.5 Å². The number of hydrogen-bond acceptors (Lipinski definition) is 20. The fourth-order valence-electron chi connectivity index (χ4n) is 9.22. The Morgan fingerprint density at radius 3 is 1.65 bits per heavy atom. The van der Waals surface area contributed by atoms with Crippen LogP contribution >= 0.6 is 38.6 Å². The average molecular weight is 1250 g/mol. The number of thiazole rings is 2. The van der Waals surface area contributed by atoms with Gasteiger partial charge in [0.05, 0.1) is 82.9 Å². The molecule has 5 aromatic heterocycles. The van der Waals surface area contributed by atoms with Crippen LogP contribution in [0, 0.1) is 60.7 Å². The number of carbonyl (C=O) groups excluding carboxylic acids is 1. The Hall–Kier alpha value is -7.02. The fraction of sp³-hybridized carbons (Fsp3) is 0.404. The number of anilines is 2. The lowest BCUT2D eigenvalue weighted by Gasteiger charge is -2.41. The topological polar surface area (TPSA) is 292 Å². The molecule has 2 aromatic carbocycles. The van der Waals surface area contributed by atoms with Crippen LogP contribution in [-0.4, -0.2) is 140 Å². The molecular formula is C57H66BrN13O7S4. The molecule has 0 radical (unpaired) electrons. The molecule has 3 N–H and O–H groups in total. The first-order valence-corrected chi connectivity index (χ1v) is 32.3. The highest BCUT2D eigenvalue weighted by Gasteiger charge is 2.30. The maximum Gasteiger partial charge on any atom is 0.304 e. The van der Waals surface area contributed by atoms with E-state index in [-0.39, 0.29) is 39.7 Å². The number of aliphatic carboxylic acids is 1. The third kappa shape index (κ3) is 18.0. The van der Waals surface area contributed by atoms with E-state index in [1.54, 1.807) is 70.8 Å². The summed E-state index contributed by atoms with van der Waals surface area (Å²) < 4.78 is 51.9. The first-order chi connectivity index (χ1) is 39.1. The quantitative estimate of drug-likeness (QED) is 0.116. The molecule has 432 valence electrons. The molecule has 3 fully saturated rings. The second kappa shape index (κ2) is 30.3. The van der Waals surface area contributed by atoms with Gasteiger partial charge in [-0.25, -0.2) is 41.8 Å². The maximum atomic E-state index is 12.9. The number of carboxylic acid groups (broad SMARTS) is 1. The number of nitriles is 3. The smallest absolute Gasteiger partial charge is 0.304 e. The molecule has 7 aromatic rings. The van der Waals surface area contributed by atoms with Crippen molar-refractivity contribution < 1.29 is 31.5 Å². The van der Waals surface area contributed by atoms with Gasteiger partial charge in [-0.05, 0) is 142 Å². The lowest BCUT2D eigenvalue weighted by Crippen LogP contribution is -2.54. The van der Waals surface area contributed by atoms with Crippen molar-refractivity contribution in [3.8, 4) is 18.2 Å². The van der Waals surface area contributed by atoms with Crippen molar-refractivity contribution in [2.24, 2.45) is 5.92 Å². The number of pyridine rings is 3. The Bertz CT molecular complexity index is 3700. The van der Waals surface area contributed by atoms with Crippen LogP contribution in [0.25, 0.3) is 20.4 Å². The van der Waals surface area contributed by atoms with Crippen LogP contribution in [0.5, 0.6) is 0 Å². The molecule has 3 atom stereocenters. The Morgan fingerprint density at radius 2 is 1.21 bits per heavy atom. The third-order valence-electron chi connectivity index (χ3n) is 13.6. The zero-order valence-corrected chi connectivity index (χ0v) is 51.4. The van der Waals surface area contributed by atoms with Crippen LogP contribution in [0.2, 0.25) is 0 Å². The van der Waals surface area contributed by atoms with E-state index >= 15 is 0 Å². The van der Waals surface area contributed by atoms with E-state index in [0.29, 0.717) is 63.2 Å². The number of aryl methyl sites for hydroxylation is 3. The number of nitrogens with one attached hydrogen (secondary N) is 2.